The highest BCUT2D eigenvalue weighted by atomic mass is 28.3. The van der Waals surface area contributed by atoms with Crippen LogP contribution in [0.1, 0.15) is 20.3 Å². The highest BCUT2D eigenvalue weighted by Gasteiger charge is 2.42. The van der Waals surface area contributed by atoms with E-state index in [1.54, 1.807) is 0 Å². The van der Waals surface area contributed by atoms with Crippen LogP contribution in [0.5, 0.6) is 0 Å². The highest BCUT2D eigenvalue weighted by molar-refractivity contribution is 7.11. The number of rotatable bonds is 10. The first-order valence-electron chi connectivity index (χ1n) is 16.9. The third-order valence-electron chi connectivity index (χ3n) is 9.35. The van der Waals surface area contributed by atoms with Gasteiger partial charge in [-0.25, -0.2) is 4.99 Å². The SMILES string of the molecule is C/C(=N/[Si](c1ccccc1)(c1ccccc1)c1ccccc1)C1=NC(/C(C)=N/[Si](c2ccccc2)(c2ccccc2)c2ccccc2)=CC1. The molecule has 0 bridgehead atoms. The van der Waals surface area contributed by atoms with Gasteiger partial charge < -0.3 is 9.32 Å². The van der Waals surface area contributed by atoms with E-state index in [2.05, 4.69) is 202 Å². The number of allylic oxidation sites excluding steroid dienone is 2. The molecular weight excluding hydrogens is 627 g/mol. The van der Waals surface area contributed by atoms with E-state index in [0.29, 0.717) is 0 Å². The second kappa shape index (κ2) is 14.3. The molecule has 3 nitrogen and oxygen atoms in total. The molecule has 238 valence electrons. The van der Waals surface area contributed by atoms with Gasteiger partial charge in [-0.15, -0.1) is 0 Å². The lowest BCUT2D eigenvalue weighted by atomic mass is 10.2. The van der Waals surface area contributed by atoms with E-state index >= 15 is 0 Å². The lowest BCUT2D eigenvalue weighted by Gasteiger charge is -2.30. The quantitative estimate of drug-likeness (QED) is 0.0983. The van der Waals surface area contributed by atoms with Crippen molar-refractivity contribution in [1.82, 2.24) is 0 Å². The van der Waals surface area contributed by atoms with Crippen LogP contribution in [0.25, 0.3) is 0 Å². The third kappa shape index (κ3) is 6.26. The van der Waals surface area contributed by atoms with E-state index in [0.717, 1.165) is 29.3 Å². The fourth-order valence-corrected chi connectivity index (χ4v) is 15.0. The third-order valence-corrected chi connectivity index (χ3v) is 17.7. The molecule has 0 amide bonds. The van der Waals surface area contributed by atoms with Gasteiger partial charge in [0.25, 0.3) is 16.5 Å². The first-order chi connectivity index (χ1) is 24.1. The predicted octanol–water partition coefficient (Wildman–Crippen LogP) is 5.97. The molecule has 6 aromatic rings. The second-order valence-corrected chi connectivity index (χ2v) is 19.1. The molecular formula is C44H39N3Si2. The Morgan fingerprint density at radius 2 is 0.673 bits per heavy atom. The van der Waals surface area contributed by atoms with E-state index in [-0.39, 0.29) is 0 Å². The zero-order chi connectivity index (χ0) is 33.5. The molecule has 0 saturated heterocycles. The van der Waals surface area contributed by atoms with Crippen LogP contribution in [0.3, 0.4) is 0 Å². The van der Waals surface area contributed by atoms with Crippen molar-refractivity contribution in [2.45, 2.75) is 20.3 Å². The Balaban J connectivity index is 1.35. The first kappa shape index (κ1) is 32.1. The number of hydrogen-bond acceptors (Lipinski definition) is 3. The number of benzene rings is 6. The molecule has 1 aliphatic rings. The van der Waals surface area contributed by atoms with Crippen molar-refractivity contribution in [1.29, 1.82) is 0 Å². The van der Waals surface area contributed by atoms with Crippen LogP contribution in [0.15, 0.2) is 208 Å². The van der Waals surface area contributed by atoms with Crippen molar-refractivity contribution in [2.24, 2.45) is 14.3 Å². The van der Waals surface area contributed by atoms with E-state index in [4.69, 9.17) is 14.3 Å². The summed E-state index contributed by atoms with van der Waals surface area (Å²) in [6, 6.07) is 64.8. The summed E-state index contributed by atoms with van der Waals surface area (Å²) in [5.41, 5.74) is 3.84. The Morgan fingerprint density at radius 1 is 0.408 bits per heavy atom. The number of aliphatic imine (C=N–C) groups is 1. The minimum Gasteiger partial charge on any atom is -0.307 e. The summed E-state index contributed by atoms with van der Waals surface area (Å²) in [4.78, 5) is 5.28. The minimum atomic E-state index is -2.82. The van der Waals surface area contributed by atoms with E-state index in [1.807, 2.05) is 0 Å². The van der Waals surface area contributed by atoms with Crippen LogP contribution >= 0.6 is 0 Å². The number of nitrogens with zero attached hydrogens (tertiary/aromatic N) is 3. The average molecular weight is 666 g/mol. The Bertz CT molecular complexity index is 1930. The van der Waals surface area contributed by atoms with E-state index < -0.39 is 16.5 Å². The Kier molecular flexibility index (Phi) is 9.37. The van der Waals surface area contributed by atoms with E-state index in [1.165, 1.54) is 31.1 Å². The second-order valence-electron chi connectivity index (χ2n) is 12.4. The van der Waals surface area contributed by atoms with Gasteiger partial charge in [-0.05, 0) is 45.0 Å². The molecule has 7 rings (SSSR count). The Hall–Kier alpha value is -5.50. The molecule has 0 unspecified atom stereocenters. The zero-order valence-electron chi connectivity index (χ0n) is 27.9. The van der Waals surface area contributed by atoms with Gasteiger partial charge in [0.15, 0.2) is 0 Å². The van der Waals surface area contributed by atoms with Gasteiger partial charge in [-0.3, -0.25) is 0 Å². The molecule has 0 spiro atoms. The van der Waals surface area contributed by atoms with Crippen molar-refractivity contribution >= 4 is 64.7 Å². The van der Waals surface area contributed by atoms with Gasteiger partial charge in [0.2, 0.25) is 0 Å². The summed E-state index contributed by atoms with van der Waals surface area (Å²) in [5, 5.41) is 7.49. The summed E-state index contributed by atoms with van der Waals surface area (Å²) in [6.45, 7) is 4.26. The van der Waals surface area contributed by atoms with Crippen molar-refractivity contribution in [3.8, 4) is 0 Å². The summed E-state index contributed by atoms with van der Waals surface area (Å²) >= 11 is 0. The zero-order valence-corrected chi connectivity index (χ0v) is 29.9. The van der Waals surface area contributed by atoms with Crippen molar-refractivity contribution in [3.63, 3.8) is 0 Å². The Labute approximate surface area is 292 Å². The van der Waals surface area contributed by atoms with E-state index in [9.17, 15) is 0 Å². The summed E-state index contributed by atoms with van der Waals surface area (Å²) < 4.78 is 11.5. The van der Waals surface area contributed by atoms with Crippen LogP contribution in [0.2, 0.25) is 0 Å². The van der Waals surface area contributed by atoms with Crippen LogP contribution in [0.4, 0.5) is 0 Å². The fourth-order valence-electron chi connectivity index (χ4n) is 6.98. The molecule has 6 aromatic carbocycles. The molecule has 0 N–H and O–H groups in total. The molecule has 0 atom stereocenters. The molecule has 0 aromatic heterocycles. The topological polar surface area (TPSA) is 37.1 Å². The molecule has 1 aliphatic heterocycles. The molecule has 49 heavy (non-hydrogen) atoms. The van der Waals surface area contributed by atoms with Gasteiger partial charge in [-0.1, -0.05) is 188 Å². The van der Waals surface area contributed by atoms with Crippen molar-refractivity contribution < 1.29 is 0 Å². The lowest BCUT2D eigenvalue weighted by molar-refractivity contribution is 1.45. The molecule has 0 saturated carbocycles. The molecule has 0 fully saturated rings. The largest absolute Gasteiger partial charge is 0.307 e. The standard InChI is InChI=1S/C44H39N3Si2/c1-35(46-48(37-21-9-3-10-22-37,38-23-11-4-12-24-38)39-25-13-5-14-26-39)43-33-34-44(45-43)36(2)47-49(40-27-15-6-16-28-40,41-29-17-7-18-30-41)42-31-19-8-20-32-42/h3-33H,34H2,1-2H3/b46-35+,47-36-. The number of hydrogen-bond donors (Lipinski definition) is 0. The smallest absolute Gasteiger partial charge is 0.273 e. The minimum absolute atomic E-state index is 0.719. The van der Waals surface area contributed by atoms with Crippen LogP contribution in [-0.2, 0) is 0 Å². The lowest BCUT2D eigenvalue weighted by Crippen LogP contribution is -2.66. The average Bonchev–Trinajstić information content (AvgIpc) is 3.69. The molecule has 0 radical (unpaired) electrons. The van der Waals surface area contributed by atoms with Gasteiger partial charge in [-0.2, -0.15) is 0 Å². The highest BCUT2D eigenvalue weighted by Crippen LogP contribution is 2.19. The van der Waals surface area contributed by atoms with Gasteiger partial charge >= 0.3 is 0 Å². The molecule has 1 heterocycles. The maximum Gasteiger partial charge on any atom is 0.273 e. The van der Waals surface area contributed by atoms with Gasteiger partial charge in [0.05, 0.1) is 11.4 Å². The van der Waals surface area contributed by atoms with Crippen LogP contribution in [-0.4, -0.2) is 33.6 Å². The van der Waals surface area contributed by atoms with Crippen LogP contribution in [0, 0.1) is 0 Å². The predicted molar refractivity (Wildman–Crippen MR) is 214 cm³/mol. The molecule has 5 heteroatoms. The normalized spacial score (nSPS) is 13.9. The maximum atomic E-state index is 5.77. The summed E-state index contributed by atoms with van der Waals surface area (Å²) in [5.74, 6) is 0. The van der Waals surface area contributed by atoms with Crippen molar-refractivity contribution in [2.75, 3.05) is 0 Å². The molecule has 0 aliphatic carbocycles. The monoisotopic (exact) mass is 665 g/mol. The summed E-state index contributed by atoms with van der Waals surface area (Å²) in [7, 11) is -5.63. The summed E-state index contributed by atoms with van der Waals surface area (Å²) in [6.07, 6.45) is 2.95. The Morgan fingerprint density at radius 3 is 0.959 bits per heavy atom. The van der Waals surface area contributed by atoms with Crippen molar-refractivity contribution in [3.05, 3.63) is 194 Å². The maximum absolute atomic E-state index is 5.77. The van der Waals surface area contributed by atoms with Gasteiger partial charge in [0, 0.05) is 17.8 Å². The fraction of sp³-hybridized carbons (Fsp3) is 0.0682. The first-order valence-corrected chi connectivity index (χ1v) is 20.8. The van der Waals surface area contributed by atoms with Gasteiger partial charge in [0.1, 0.15) is 0 Å². The van der Waals surface area contributed by atoms with Crippen LogP contribution < -0.4 is 31.1 Å².